The topological polar surface area (TPSA) is 163 Å². The van der Waals surface area contributed by atoms with Crippen LogP contribution in [0.1, 0.15) is 39.5 Å². The molecule has 2 amide bonds. The Morgan fingerprint density at radius 2 is 2.00 bits per heavy atom. The molecule has 4 saturated heterocycles. The number of fused-ring (bicyclic) bond motifs is 1. The second-order valence-electron chi connectivity index (χ2n) is 12.1. The molecule has 6 rings (SSSR count). The third-order valence-electron chi connectivity index (χ3n) is 9.39. The molecule has 4 fully saturated rings. The van der Waals surface area contributed by atoms with Crippen molar-refractivity contribution in [2.45, 2.75) is 63.4 Å². The standard InChI is InChI=1S/C26H36N8O5S/c1-14(7-16(35)10-33-13-29-30-31-33)19-20-15(2)22(21(25(38)39)34(20)24(19)37)40-17-8-18(28-9-17)23(36)32-11-26(12-32)3-5-27-6-4-26/h13-15,17-20,27-28H,3-12H2,1-2H3,(H,38,39)/t14-,15+,17-,18-,19+,20+/m0/s1. The van der Waals surface area contributed by atoms with Gasteiger partial charge in [-0.1, -0.05) is 13.8 Å². The molecule has 0 radical (unpaired) electrons. The normalized spacial score (nSPS) is 31.6. The van der Waals surface area contributed by atoms with Gasteiger partial charge in [-0.3, -0.25) is 14.4 Å². The lowest BCUT2D eigenvalue weighted by Crippen LogP contribution is -2.63. The lowest BCUT2D eigenvalue weighted by molar-refractivity contribution is -0.160. The van der Waals surface area contributed by atoms with E-state index in [0.29, 0.717) is 17.9 Å². The lowest BCUT2D eigenvalue weighted by Gasteiger charge is -2.53. The van der Waals surface area contributed by atoms with Gasteiger partial charge in [0, 0.05) is 47.5 Å². The molecular formula is C26H36N8O5S. The molecule has 13 nitrogen and oxygen atoms in total. The number of amides is 2. The molecule has 6 heterocycles. The molecule has 1 aromatic rings. The minimum Gasteiger partial charge on any atom is -0.477 e. The van der Waals surface area contributed by atoms with E-state index in [1.165, 1.54) is 27.7 Å². The van der Waals surface area contributed by atoms with Crippen molar-refractivity contribution in [3.63, 3.8) is 0 Å². The number of carboxylic acid groups (broad SMARTS) is 1. The number of Topliss-reactive ketones (excluding diaryl/α,β-unsaturated/α-hetero) is 1. The fourth-order valence-electron chi connectivity index (χ4n) is 7.32. The first-order valence-corrected chi connectivity index (χ1v) is 15.0. The van der Waals surface area contributed by atoms with Crippen LogP contribution in [-0.4, -0.2) is 109 Å². The Labute approximate surface area is 236 Å². The van der Waals surface area contributed by atoms with Crippen molar-refractivity contribution in [3.05, 3.63) is 16.9 Å². The maximum absolute atomic E-state index is 13.2. The van der Waals surface area contributed by atoms with E-state index in [0.717, 1.165) is 39.0 Å². The van der Waals surface area contributed by atoms with Gasteiger partial charge >= 0.3 is 5.97 Å². The number of tetrazole rings is 1. The van der Waals surface area contributed by atoms with Crippen molar-refractivity contribution in [2.75, 3.05) is 32.7 Å². The Morgan fingerprint density at radius 1 is 1.25 bits per heavy atom. The highest BCUT2D eigenvalue weighted by Gasteiger charge is 2.60. The lowest BCUT2D eigenvalue weighted by atomic mass is 9.72. The van der Waals surface area contributed by atoms with E-state index >= 15 is 0 Å². The molecule has 1 aromatic heterocycles. The van der Waals surface area contributed by atoms with E-state index in [1.807, 2.05) is 18.7 Å². The summed E-state index contributed by atoms with van der Waals surface area (Å²) in [6.07, 6.45) is 4.40. The van der Waals surface area contributed by atoms with E-state index < -0.39 is 11.9 Å². The first kappa shape index (κ1) is 27.3. The quantitative estimate of drug-likeness (QED) is 0.334. The third kappa shape index (κ3) is 4.73. The summed E-state index contributed by atoms with van der Waals surface area (Å²) in [5, 5.41) is 27.7. The molecule has 40 heavy (non-hydrogen) atoms. The molecular weight excluding hydrogens is 536 g/mol. The zero-order valence-electron chi connectivity index (χ0n) is 22.8. The first-order chi connectivity index (χ1) is 19.2. The second-order valence-corrected chi connectivity index (χ2v) is 13.5. The number of carbonyl (C=O) groups is 4. The van der Waals surface area contributed by atoms with Gasteiger partial charge in [0.2, 0.25) is 11.8 Å². The maximum Gasteiger partial charge on any atom is 0.353 e. The first-order valence-electron chi connectivity index (χ1n) is 14.1. The van der Waals surface area contributed by atoms with Crippen LogP contribution in [0.25, 0.3) is 0 Å². The largest absolute Gasteiger partial charge is 0.477 e. The Balaban J connectivity index is 1.07. The Bertz CT molecular complexity index is 1220. The predicted octanol–water partition coefficient (Wildman–Crippen LogP) is -0.283. The molecule has 5 aliphatic rings. The highest BCUT2D eigenvalue weighted by molar-refractivity contribution is 8.03. The van der Waals surface area contributed by atoms with E-state index in [1.54, 1.807) is 0 Å². The molecule has 1 spiro atoms. The van der Waals surface area contributed by atoms with Gasteiger partial charge in [0.25, 0.3) is 0 Å². The van der Waals surface area contributed by atoms with E-state index in [9.17, 15) is 24.3 Å². The summed E-state index contributed by atoms with van der Waals surface area (Å²) in [4.78, 5) is 55.4. The molecule has 14 heteroatoms. The number of aliphatic carboxylic acids is 1. The zero-order chi connectivity index (χ0) is 28.2. The van der Waals surface area contributed by atoms with Crippen molar-refractivity contribution in [1.29, 1.82) is 0 Å². The smallest absolute Gasteiger partial charge is 0.353 e. The number of thioether (sulfide) groups is 1. The average molecular weight is 573 g/mol. The van der Waals surface area contributed by atoms with Crippen LogP contribution in [0.5, 0.6) is 0 Å². The summed E-state index contributed by atoms with van der Waals surface area (Å²) in [6, 6.07) is -0.550. The van der Waals surface area contributed by atoms with Crippen LogP contribution in [0.3, 0.4) is 0 Å². The fraction of sp³-hybridized carbons (Fsp3) is 0.731. The van der Waals surface area contributed by atoms with Gasteiger partial charge in [0.05, 0.1) is 18.0 Å². The van der Waals surface area contributed by atoms with Gasteiger partial charge in [-0.05, 0) is 48.7 Å². The number of nitrogens with one attached hydrogen (secondary N) is 2. The number of carbonyl (C=O) groups excluding carboxylic acids is 3. The highest BCUT2D eigenvalue weighted by atomic mass is 32.2. The van der Waals surface area contributed by atoms with Crippen molar-refractivity contribution in [1.82, 2.24) is 40.6 Å². The average Bonchev–Trinajstić information content (AvgIpc) is 3.63. The number of likely N-dealkylation sites (tertiary alicyclic amines) is 1. The number of aromatic nitrogens is 4. The van der Waals surface area contributed by atoms with E-state index in [4.69, 9.17) is 0 Å². The minimum absolute atomic E-state index is 0.0338. The van der Waals surface area contributed by atoms with Crippen LogP contribution in [0.2, 0.25) is 0 Å². The molecule has 0 aliphatic carbocycles. The number of rotatable bonds is 9. The molecule has 6 atom stereocenters. The van der Waals surface area contributed by atoms with Crippen LogP contribution in [-0.2, 0) is 25.7 Å². The number of nitrogens with zero attached hydrogens (tertiary/aromatic N) is 6. The summed E-state index contributed by atoms with van der Waals surface area (Å²) in [7, 11) is 0. The molecule has 216 valence electrons. The van der Waals surface area contributed by atoms with Gasteiger partial charge < -0.3 is 25.5 Å². The van der Waals surface area contributed by atoms with Gasteiger partial charge in [0.1, 0.15) is 18.6 Å². The van der Waals surface area contributed by atoms with E-state index in [2.05, 4.69) is 26.2 Å². The number of carboxylic acids is 1. The summed E-state index contributed by atoms with van der Waals surface area (Å²) in [5.74, 6) is -2.13. The van der Waals surface area contributed by atoms with Crippen LogP contribution in [0, 0.1) is 23.2 Å². The zero-order valence-corrected chi connectivity index (χ0v) is 23.6. The monoisotopic (exact) mass is 572 g/mol. The number of β-lactam (4-membered cyclic amide) rings is 1. The summed E-state index contributed by atoms with van der Waals surface area (Å²) < 4.78 is 1.35. The number of hydrogen-bond donors (Lipinski definition) is 3. The SMILES string of the molecule is C[C@@H](CC(=O)Cn1cnnn1)[C@H]1C(=O)N2C(C(=O)O)=C(S[C@@H]3CN[C@H](C(=O)N4CC5(CCNCC5)C4)C3)[C@H](C)[C@H]12. The van der Waals surface area contributed by atoms with Gasteiger partial charge in [-0.2, -0.15) is 0 Å². The maximum atomic E-state index is 13.2. The Kier molecular flexibility index (Phi) is 7.20. The summed E-state index contributed by atoms with van der Waals surface area (Å²) in [5.41, 5.74) is 0.335. The highest BCUT2D eigenvalue weighted by Crippen LogP contribution is 2.53. The van der Waals surface area contributed by atoms with Gasteiger partial charge in [-0.25, -0.2) is 9.48 Å². The predicted molar refractivity (Wildman–Crippen MR) is 143 cm³/mol. The summed E-state index contributed by atoms with van der Waals surface area (Å²) >= 11 is 1.49. The van der Waals surface area contributed by atoms with Crippen molar-refractivity contribution in [2.24, 2.45) is 23.2 Å². The van der Waals surface area contributed by atoms with E-state index in [-0.39, 0.29) is 70.8 Å². The third-order valence-corrected chi connectivity index (χ3v) is 10.9. The number of hydrogen-bond acceptors (Lipinski definition) is 10. The molecule has 0 unspecified atom stereocenters. The molecule has 0 saturated carbocycles. The van der Waals surface area contributed by atoms with Crippen LogP contribution in [0.4, 0.5) is 0 Å². The van der Waals surface area contributed by atoms with Crippen molar-refractivity contribution < 1.29 is 24.3 Å². The van der Waals surface area contributed by atoms with Crippen LogP contribution >= 0.6 is 11.8 Å². The number of ketones is 1. The Hall–Kier alpha value is -2.84. The fourth-order valence-corrected chi connectivity index (χ4v) is 8.80. The summed E-state index contributed by atoms with van der Waals surface area (Å²) in [6.45, 7) is 8.16. The molecule has 3 N–H and O–H groups in total. The molecule has 0 aromatic carbocycles. The molecule has 5 aliphatic heterocycles. The molecule has 0 bridgehead atoms. The number of piperidine rings is 1. The van der Waals surface area contributed by atoms with Crippen LogP contribution in [0.15, 0.2) is 16.9 Å². The van der Waals surface area contributed by atoms with Gasteiger partial charge in [-0.15, -0.1) is 16.9 Å². The van der Waals surface area contributed by atoms with Crippen LogP contribution < -0.4 is 10.6 Å². The second kappa shape index (κ2) is 10.5. The van der Waals surface area contributed by atoms with Crippen molar-refractivity contribution >= 4 is 35.3 Å². The van der Waals surface area contributed by atoms with Crippen molar-refractivity contribution in [3.8, 4) is 0 Å². The Morgan fingerprint density at radius 3 is 2.67 bits per heavy atom. The minimum atomic E-state index is -1.11. The van der Waals surface area contributed by atoms with Gasteiger partial charge in [0.15, 0.2) is 5.78 Å².